The highest BCUT2D eigenvalue weighted by Gasteiger charge is 2.43. The number of aromatic nitrogens is 2. The maximum atomic E-state index is 13.8. The molecule has 1 aliphatic heterocycles. The van der Waals surface area contributed by atoms with Gasteiger partial charge in [-0.05, 0) is 46.7 Å². The summed E-state index contributed by atoms with van der Waals surface area (Å²) >= 11 is 0. The highest BCUT2D eigenvalue weighted by molar-refractivity contribution is 5.89. The zero-order chi connectivity index (χ0) is 25.7. The lowest BCUT2D eigenvalue weighted by Gasteiger charge is -2.40. The number of likely N-dealkylation sites (tertiary alicyclic amines) is 1. The number of nitrogens with zero attached hydrogens (tertiary/aromatic N) is 3. The third-order valence-electron chi connectivity index (χ3n) is 7.45. The molecule has 0 spiro atoms. The highest BCUT2D eigenvalue weighted by atomic mass is 16.2. The average Bonchev–Trinajstić information content (AvgIpc) is 3.46. The van der Waals surface area contributed by atoms with E-state index in [-0.39, 0.29) is 11.8 Å². The SMILES string of the molecule is CC(=O)N1CCC(C(=O)NCc2ccccc2-c2ccc(Cn3cccn3)cc2)(c2ccccc2)CC1. The van der Waals surface area contributed by atoms with Gasteiger partial charge in [0.1, 0.15) is 0 Å². The monoisotopic (exact) mass is 492 g/mol. The summed E-state index contributed by atoms with van der Waals surface area (Å²) in [4.78, 5) is 27.5. The van der Waals surface area contributed by atoms with E-state index in [0.717, 1.165) is 28.8 Å². The summed E-state index contributed by atoms with van der Waals surface area (Å²) in [6.45, 7) is 3.93. The quantitative estimate of drug-likeness (QED) is 0.403. The smallest absolute Gasteiger partial charge is 0.231 e. The van der Waals surface area contributed by atoms with Crippen LogP contribution in [0.15, 0.2) is 97.3 Å². The van der Waals surface area contributed by atoms with Gasteiger partial charge in [-0.25, -0.2) is 0 Å². The van der Waals surface area contributed by atoms with E-state index in [1.165, 1.54) is 5.56 Å². The van der Waals surface area contributed by atoms with Gasteiger partial charge in [0.15, 0.2) is 0 Å². The molecule has 1 aliphatic rings. The summed E-state index contributed by atoms with van der Waals surface area (Å²) in [7, 11) is 0. The van der Waals surface area contributed by atoms with Crippen LogP contribution < -0.4 is 5.32 Å². The third kappa shape index (κ3) is 5.33. The van der Waals surface area contributed by atoms with Gasteiger partial charge in [-0.15, -0.1) is 0 Å². The lowest BCUT2D eigenvalue weighted by molar-refractivity contribution is -0.135. The molecule has 0 atom stereocenters. The number of hydrogen-bond acceptors (Lipinski definition) is 3. The van der Waals surface area contributed by atoms with Crippen molar-refractivity contribution in [3.63, 3.8) is 0 Å². The molecule has 1 N–H and O–H groups in total. The Hall–Kier alpha value is -4.19. The summed E-state index contributed by atoms with van der Waals surface area (Å²) < 4.78 is 1.90. The Kier molecular flexibility index (Phi) is 7.17. The van der Waals surface area contributed by atoms with E-state index in [2.05, 4.69) is 46.8 Å². The normalized spacial score (nSPS) is 14.8. The number of carbonyl (C=O) groups excluding carboxylic acids is 2. The molecular weight excluding hydrogens is 460 g/mol. The van der Waals surface area contributed by atoms with Gasteiger partial charge in [-0.2, -0.15) is 5.10 Å². The first-order valence-corrected chi connectivity index (χ1v) is 12.8. The van der Waals surface area contributed by atoms with Crippen LogP contribution in [0.2, 0.25) is 0 Å². The average molecular weight is 493 g/mol. The number of rotatable bonds is 7. The van der Waals surface area contributed by atoms with Crippen LogP contribution in [0, 0.1) is 0 Å². The van der Waals surface area contributed by atoms with Crippen molar-refractivity contribution in [3.05, 3.63) is 114 Å². The van der Waals surface area contributed by atoms with E-state index in [1.807, 2.05) is 64.3 Å². The predicted octanol–water partition coefficient (Wildman–Crippen LogP) is 4.79. The van der Waals surface area contributed by atoms with Gasteiger partial charge >= 0.3 is 0 Å². The van der Waals surface area contributed by atoms with Crippen LogP contribution in [0.25, 0.3) is 11.1 Å². The number of piperidine rings is 1. The zero-order valence-corrected chi connectivity index (χ0v) is 21.1. The van der Waals surface area contributed by atoms with E-state index in [4.69, 9.17) is 0 Å². The van der Waals surface area contributed by atoms with Crippen LogP contribution in [0.3, 0.4) is 0 Å². The summed E-state index contributed by atoms with van der Waals surface area (Å²) in [5, 5.41) is 7.53. The second-order valence-corrected chi connectivity index (χ2v) is 9.69. The van der Waals surface area contributed by atoms with E-state index in [1.54, 1.807) is 13.1 Å². The van der Waals surface area contributed by atoms with Crippen molar-refractivity contribution in [3.8, 4) is 11.1 Å². The van der Waals surface area contributed by atoms with Gasteiger partial charge in [-0.3, -0.25) is 14.3 Å². The molecule has 188 valence electrons. The van der Waals surface area contributed by atoms with Crippen molar-refractivity contribution in [2.75, 3.05) is 13.1 Å². The van der Waals surface area contributed by atoms with Gasteiger partial charge in [0, 0.05) is 39.0 Å². The van der Waals surface area contributed by atoms with Crippen LogP contribution >= 0.6 is 0 Å². The first kappa shape index (κ1) is 24.5. The summed E-state index contributed by atoms with van der Waals surface area (Å²) in [5.74, 6) is 0.0814. The minimum absolute atomic E-state index is 0.0197. The molecule has 3 aromatic carbocycles. The molecular formula is C31H32N4O2. The molecule has 1 fully saturated rings. The molecule has 6 nitrogen and oxygen atoms in total. The van der Waals surface area contributed by atoms with Crippen molar-refractivity contribution >= 4 is 11.8 Å². The Labute approximate surface area is 217 Å². The Bertz CT molecular complexity index is 1340. The third-order valence-corrected chi connectivity index (χ3v) is 7.45. The second-order valence-electron chi connectivity index (χ2n) is 9.69. The first-order valence-electron chi connectivity index (χ1n) is 12.8. The molecule has 0 unspecified atom stereocenters. The van der Waals surface area contributed by atoms with Crippen molar-refractivity contribution in [2.24, 2.45) is 0 Å². The van der Waals surface area contributed by atoms with Crippen LogP contribution in [-0.2, 0) is 28.1 Å². The molecule has 0 saturated carbocycles. The molecule has 2 heterocycles. The number of amides is 2. The van der Waals surface area contributed by atoms with Crippen molar-refractivity contribution in [1.82, 2.24) is 20.0 Å². The van der Waals surface area contributed by atoms with Crippen molar-refractivity contribution < 1.29 is 9.59 Å². The number of carbonyl (C=O) groups is 2. The second kappa shape index (κ2) is 10.8. The molecule has 0 radical (unpaired) electrons. The highest BCUT2D eigenvalue weighted by Crippen LogP contribution is 2.36. The van der Waals surface area contributed by atoms with Gasteiger partial charge < -0.3 is 10.2 Å². The molecule has 2 amide bonds. The fourth-order valence-corrected chi connectivity index (χ4v) is 5.28. The summed E-state index contributed by atoms with van der Waals surface area (Å²) in [6, 6.07) is 28.6. The van der Waals surface area contributed by atoms with Crippen LogP contribution in [0.5, 0.6) is 0 Å². The Morgan fingerprint density at radius 2 is 1.59 bits per heavy atom. The number of hydrogen-bond donors (Lipinski definition) is 1. The Morgan fingerprint density at radius 1 is 0.892 bits per heavy atom. The van der Waals surface area contributed by atoms with Gasteiger partial charge in [0.05, 0.1) is 12.0 Å². The van der Waals surface area contributed by atoms with Crippen LogP contribution in [0.1, 0.15) is 36.5 Å². The molecule has 0 aliphatic carbocycles. The topological polar surface area (TPSA) is 67.2 Å². The fraction of sp³-hybridized carbons (Fsp3) is 0.258. The van der Waals surface area contributed by atoms with E-state index in [9.17, 15) is 9.59 Å². The molecule has 37 heavy (non-hydrogen) atoms. The summed E-state index contributed by atoms with van der Waals surface area (Å²) in [5.41, 5.74) is 4.84. The molecule has 4 aromatic rings. The van der Waals surface area contributed by atoms with E-state index >= 15 is 0 Å². The minimum Gasteiger partial charge on any atom is -0.351 e. The van der Waals surface area contributed by atoms with Gasteiger partial charge in [-0.1, -0.05) is 78.9 Å². The number of benzene rings is 3. The van der Waals surface area contributed by atoms with Crippen molar-refractivity contribution in [1.29, 1.82) is 0 Å². The fourth-order valence-electron chi connectivity index (χ4n) is 5.28. The molecule has 6 heteroatoms. The molecule has 1 saturated heterocycles. The molecule has 5 rings (SSSR count). The van der Waals surface area contributed by atoms with Gasteiger partial charge in [0.25, 0.3) is 0 Å². The molecule has 0 bridgehead atoms. The predicted molar refractivity (Wildman–Crippen MR) is 145 cm³/mol. The first-order chi connectivity index (χ1) is 18.0. The Balaban J connectivity index is 1.33. The van der Waals surface area contributed by atoms with Crippen LogP contribution in [0.4, 0.5) is 0 Å². The lowest BCUT2D eigenvalue weighted by atomic mass is 9.72. The minimum atomic E-state index is -0.643. The van der Waals surface area contributed by atoms with Gasteiger partial charge in [0.2, 0.25) is 11.8 Å². The zero-order valence-electron chi connectivity index (χ0n) is 21.1. The standard InChI is InChI=1S/C31H32N4O2/c1-24(36)34-20-16-31(17-21-34,28-9-3-2-4-10-28)30(37)32-22-27-8-5-6-11-29(27)26-14-12-25(13-15-26)23-35-19-7-18-33-35/h2-15,18-19H,16-17,20-23H2,1H3,(H,32,37). The largest absolute Gasteiger partial charge is 0.351 e. The van der Waals surface area contributed by atoms with E-state index < -0.39 is 5.41 Å². The summed E-state index contributed by atoms with van der Waals surface area (Å²) in [6.07, 6.45) is 4.97. The van der Waals surface area contributed by atoms with Crippen LogP contribution in [-0.4, -0.2) is 39.6 Å². The van der Waals surface area contributed by atoms with Crippen molar-refractivity contribution in [2.45, 2.75) is 38.3 Å². The molecule has 1 aromatic heterocycles. The Morgan fingerprint density at radius 3 is 2.27 bits per heavy atom. The maximum Gasteiger partial charge on any atom is 0.231 e. The maximum absolute atomic E-state index is 13.8. The van der Waals surface area contributed by atoms with E-state index in [0.29, 0.717) is 32.5 Å². The number of nitrogens with one attached hydrogen (secondary N) is 1. The lowest BCUT2D eigenvalue weighted by Crippen LogP contribution is -2.52.